The van der Waals surface area contributed by atoms with Gasteiger partial charge in [0.2, 0.25) is 0 Å². The van der Waals surface area contributed by atoms with Crippen molar-refractivity contribution in [1.29, 1.82) is 0 Å². The Labute approximate surface area is 288 Å². The van der Waals surface area contributed by atoms with Crippen molar-refractivity contribution in [2.24, 2.45) is 0 Å². The van der Waals surface area contributed by atoms with Gasteiger partial charge in [-0.15, -0.1) is 0 Å². The van der Waals surface area contributed by atoms with Crippen LogP contribution in [0.25, 0.3) is 83.3 Å². The Morgan fingerprint density at radius 2 is 1.22 bits per heavy atom. The minimum atomic E-state index is 0.0726. The van der Waals surface area contributed by atoms with E-state index in [2.05, 4.69) is 138 Å². The SMILES string of the molecule is C1=CCC(c2nc(-c3ccccc3)nc(-c3cccc4c3oc3c(-n5c6ccccc6c6cc(-c7ccccc7)ccc65)cccc34)n2)C=C1. The number of aromatic nitrogens is 4. The molecule has 0 radical (unpaired) electrons. The number of nitrogens with zero attached hydrogens (tertiary/aromatic N) is 4. The summed E-state index contributed by atoms with van der Waals surface area (Å²) < 4.78 is 9.30. The minimum Gasteiger partial charge on any atom is -0.453 e. The van der Waals surface area contributed by atoms with Crippen LogP contribution in [0.15, 0.2) is 168 Å². The van der Waals surface area contributed by atoms with Crippen LogP contribution in [0.4, 0.5) is 0 Å². The Hall–Kier alpha value is -6.59. The molecule has 1 unspecified atom stereocenters. The summed E-state index contributed by atoms with van der Waals surface area (Å²) in [6.07, 6.45) is 9.31. The normalized spacial score (nSPS) is 14.4. The number of allylic oxidation sites excluding steroid dienone is 4. The van der Waals surface area contributed by atoms with Crippen molar-refractivity contribution in [2.75, 3.05) is 0 Å². The van der Waals surface area contributed by atoms with Crippen LogP contribution in [0.3, 0.4) is 0 Å². The number of hydrogen-bond donors (Lipinski definition) is 0. The lowest BCUT2D eigenvalue weighted by Crippen LogP contribution is -2.07. The van der Waals surface area contributed by atoms with E-state index in [-0.39, 0.29) is 5.92 Å². The number of rotatable bonds is 5. The molecular formula is C45H30N4O. The lowest BCUT2D eigenvalue weighted by atomic mass is 10.00. The fraction of sp³-hybridized carbons (Fsp3) is 0.0444. The summed E-state index contributed by atoms with van der Waals surface area (Å²) in [5.41, 5.74) is 9.02. The van der Waals surface area contributed by atoms with Crippen LogP contribution in [0.1, 0.15) is 18.2 Å². The average Bonchev–Trinajstić information content (AvgIpc) is 3.74. The predicted molar refractivity (Wildman–Crippen MR) is 203 cm³/mol. The van der Waals surface area contributed by atoms with Crippen molar-refractivity contribution in [1.82, 2.24) is 19.5 Å². The fourth-order valence-corrected chi connectivity index (χ4v) is 7.37. The topological polar surface area (TPSA) is 56.7 Å². The summed E-state index contributed by atoms with van der Waals surface area (Å²) in [6.45, 7) is 0. The van der Waals surface area contributed by atoms with Gasteiger partial charge in [-0.2, -0.15) is 0 Å². The molecule has 1 atom stereocenters. The standard InChI is InChI=1S/C45H30N4O/c1-4-14-29(15-5-1)32-26-27-39-37(28-32)33-20-10-11-24-38(33)49(39)40-25-13-22-35-34-21-12-23-36(41(34)50-42(35)40)45-47-43(30-16-6-2-7-17-30)46-44(48-45)31-18-8-3-9-19-31/h1-18,20-28,31H,19H2. The quantitative estimate of drug-likeness (QED) is 0.187. The molecular weight excluding hydrogens is 613 g/mol. The Morgan fingerprint density at radius 1 is 0.520 bits per heavy atom. The Kier molecular flexibility index (Phi) is 6.56. The molecule has 0 bridgehead atoms. The molecule has 0 aliphatic heterocycles. The van der Waals surface area contributed by atoms with Gasteiger partial charge in [0.05, 0.1) is 22.3 Å². The van der Waals surface area contributed by atoms with Crippen molar-refractivity contribution in [3.8, 4) is 39.6 Å². The predicted octanol–water partition coefficient (Wildman–Crippen LogP) is 11.5. The maximum atomic E-state index is 6.97. The van der Waals surface area contributed by atoms with E-state index in [1.807, 2.05) is 30.3 Å². The molecule has 5 nitrogen and oxygen atoms in total. The second-order valence-corrected chi connectivity index (χ2v) is 12.8. The van der Waals surface area contributed by atoms with Crippen LogP contribution in [-0.2, 0) is 0 Å². The van der Waals surface area contributed by atoms with Gasteiger partial charge < -0.3 is 8.98 Å². The van der Waals surface area contributed by atoms with Crippen LogP contribution in [-0.4, -0.2) is 19.5 Å². The fourth-order valence-electron chi connectivity index (χ4n) is 7.37. The van der Waals surface area contributed by atoms with Crippen molar-refractivity contribution in [2.45, 2.75) is 12.3 Å². The maximum Gasteiger partial charge on any atom is 0.167 e. The molecule has 0 saturated carbocycles. The van der Waals surface area contributed by atoms with Gasteiger partial charge in [0.25, 0.3) is 0 Å². The molecule has 3 aromatic heterocycles. The molecule has 1 aliphatic rings. The summed E-state index contributed by atoms with van der Waals surface area (Å²) in [5, 5.41) is 4.47. The Morgan fingerprint density at radius 3 is 2.04 bits per heavy atom. The highest BCUT2D eigenvalue weighted by atomic mass is 16.3. The van der Waals surface area contributed by atoms with Crippen LogP contribution in [0.2, 0.25) is 0 Å². The van der Waals surface area contributed by atoms with E-state index < -0.39 is 0 Å². The van der Waals surface area contributed by atoms with Crippen molar-refractivity contribution in [3.63, 3.8) is 0 Å². The van der Waals surface area contributed by atoms with E-state index in [9.17, 15) is 0 Å². The smallest absolute Gasteiger partial charge is 0.167 e. The number of para-hydroxylation sites is 3. The first-order chi connectivity index (χ1) is 24.8. The summed E-state index contributed by atoms with van der Waals surface area (Å²) in [5.74, 6) is 2.09. The van der Waals surface area contributed by atoms with Gasteiger partial charge in [-0.3, -0.25) is 0 Å². The molecule has 5 heteroatoms. The molecule has 1 aliphatic carbocycles. The third-order valence-electron chi connectivity index (χ3n) is 9.76. The first kappa shape index (κ1) is 28.4. The highest BCUT2D eigenvalue weighted by molar-refractivity contribution is 6.14. The first-order valence-corrected chi connectivity index (χ1v) is 17.0. The third-order valence-corrected chi connectivity index (χ3v) is 9.76. The molecule has 9 aromatic rings. The number of benzene rings is 6. The van der Waals surface area contributed by atoms with Gasteiger partial charge in [-0.25, -0.2) is 15.0 Å². The van der Waals surface area contributed by atoms with Gasteiger partial charge in [0, 0.05) is 33.0 Å². The van der Waals surface area contributed by atoms with Crippen molar-refractivity contribution >= 4 is 43.7 Å². The lowest BCUT2D eigenvalue weighted by Gasteiger charge is -2.14. The zero-order valence-electron chi connectivity index (χ0n) is 27.1. The van der Waals surface area contributed by atoms with Gasteiger partial charge in [-0.05, 0) is 47.9 Å². The van der Waals surface area contributed by atoms with Crippen LogP contribution in [0.5, 0.6) is 0 Å². The van der Waals surface area contributed by atoms with Gasteiger partial charge in [-0.1, -0.05) is 133 Å². The molecule has 3 heterocycles. The van der Waals surface area contributed by atoms with Crippen molar-refractivity contribution < 1.29 is 4.42 Å². The molecule has 10 rings (SSSR count). The highest BCUT2D eigenvalue weighted by Crippen LogP contribution is 2.41. The highest BCUT2D eigenvalue weighted by Gasteiger charge is 2.22. The summed E-state index contributed by atoms with van der Waals surface area (Å²) in [7, 11) is 0. The van der Waals surface area contributed by atoms with E-state index in [1.165, 1.54) is 21.9 Å². The number of fused-ring (bicyclic) bond motifs is 6. The van der Waals surface area contributed by atoms with E-state index in [0.29, 0.717) is 11.6 Å². The first-order valence-electron chi connectivity index (χ1n) is 17.0. The third kappa shape index (κ3) is 4.59. The minimum absolute atomic E-state index is 0.0726. The molecule has 0 amide bonds. The van der Waals surface area contributed by atoms with Crippen LogP contribution >= 0.6 is 0 Å². The maximum absolute atomic E-state index is 6.97. The van der Waals surface area contributed by atoms with Crippen molar-refractivity contribution in [3.05, 3.63) is 170 Å². The van der Waals surface area contributed by atoms with E-state index in [0.717, 1.165) is 62.0 Å². The second-order valence-electron chi connectivity index (χ2n) is 12.8. The molecule has 236 valence electrons. The zero-order chi connectivity index (χ0) is 33.0. The Balaban J connectivity index is 1.19. The summed E-state index contributed by atoms with van der Waals surface area (Å²) >= 11 is 0. The molecule has 0 spiro atoms. The molecule has 0 saturated heterocycles. The molecule has 50 heavy (non-hydrogen) atoms. The molecule has 6 aromatic carbocycles. The van der Waals surface area contributed by atoms with Gasteiger partial charge in [0.15, 0.2) is 17.2 Å². The zero-order valence-corrected chi connectivity index (χ0v) is 27.1. The lowest BCUT2D eigenvalue weighted by molar-refractivity contribution is 0.666. The number of hydrogen-bond acceptors (Lipinski definition) is 4. The second kappa shape index (κ2) is 11.5. The molecule has 0 N–H and O–H groups in total. The van der Waals surface area contributed by atoms with E-state index >= 15 is 0 Å². The summed E-state index contributed by atoms with van der Waals surface area (Å²) in [6, 6.07) is 48.7. The van der Waals surface area contributed by atoms with Crippen LogP contribution in [0, 0.1) is 0 Å². The van der Waals surface area contributed by atoms with Gasteiger partial charge in [0.1, 0.15) is 11.4 Å². The number of furan rings is 1. The van der Waals surface area contributed by atoms with Gasteiger partial charge >= 0.3 is 0 Å². The van der Waals surface area contributed by atoms with Crippen LogP contribution < -0.4 is 0 Å². The largest absolute Gasteiger partial charge is 0.453 e. The summed E-state index contributed by atoms with van der Waals surface area (Å²) in [4.78, 5) is 15.1. The monoisotopic (exact) mass is 642 g/mol. The van der Waals surface area contributed by atoms with E-state index in [1.54, 1.807) is 0 Å². The Bertz CT molecular complexity index is 2790. The average molecular weight is 643 g/mol. The van der Waals surface area contributed by atoms with E-state index in [4.69, 9.17) is 19.4 Å². The molecule has 0 fully saturated rings.